The molecule has 0 saturated carbocycles. The van der Waals surface area contributed by atoms with Gasteiger partial charge < -0.3 is 9.80 Å². The monoisotopic (exact) mass is 429 g/mol. The van der Waals surface area contributed by atoms with Crippen molar-refractivity contribution in [2.24, 2.45) is 5.92 Å². The van der Waals surface area contributed by atoms with E-state index in [0.717, 1.165) is 17.8 Å². The molecular weight excluding hydrogens is 410 g/mol. The van der Waals surface area contributed by atoms with Crippen LogP contribution in [0.1, 0.15) is 24.0 Å². The maximum Gasteiger partial charge on any atom is 0.417 e. The zero-order chi connectivity index (χ0) is 21.2. The SMILES string of the molecule is CN(Cc1ccc(F)cc1)C(=O)C1CCN(c2ncc(C(F)(F)F)cc2Cl)CC1. The molecule has 0 aliphatic carbocycles. The molecule has 0 spiro atoms. The Morgan fingerprint density at radius 2 is 1.86 bits per heavy atom. The number of benzene rings is 1. The normalized spacial score (nSPS) is 15.4. The quantitative estimate of drug-likeness (QED) is 0.657. The molecule has 156 valence electrons. The average Bonchev–Trinajstić information content (AvgIpc) is 2.68. The van der Waals surface area contributed by atoms with Gasteiger partial charge >= 0.3 is 6.18 Å². The van der Waals surface area contributed by atoms with Crippen LogP contribution in [-0.4, -0.2) is 35.9 Å². The van der Waals surface area contributed by atoms with Gasteiger partial charge in [0, 0.05) is 38.8 Å². The van der Waals surface area contributed by atoms with Crippen LogP contribution >= 0.6 is 11.6 Å². The minimum Gasteiger partial charge on any atom is -0.355 e. The van der Waals surface area contributed by atoms with Crippen LogP contribution < -0.4 is 4.90 Å². The molecule has 1 aliphatic heterocycles. The van der Waals surface area contributed by atoms with E-state index in [1.165, 1.54) is 12.1 Å². The first-order chi connectivity index (χ1) is 13.6. The van der Waals surface area contributed by atoms with E-state index >= 15 is 0 Å². The van der Waals surface area contributed by atoms with Gasteiger partial charge in [0.25, 0.3) is 0 Å². The Labute approximate surface area is 171 Å². The number of anilines is 1. The summed E-state index contributed by atoms with van der Waals surface area (Å²) in [6.45, 7) is 1.32. The first-order valence-electron chi connectivity index (χ1n) is 9.12. The minimum atomic E-state index is -4.50. The third-order valence-corrected chi connectivity index (χ3v) is 5.28. The second-order valence-electron chi connectivity index (χ2n) is 7.11. The summed E-state index contributed by atoms with van der Waals surface area (Å²) >= 11 is 6.01. The molecule has 9 heteroatoms. The summed E-state index contributed by atoms with van der Waals surface area (Å²) in [6, 6.07) is 6.86. The van der Waals surface area contributed by atoms with Crippen LogP contribution in [0, 0.1) is 11.7 Å². The van der Waals surface area contributed by atoms with Crippen molar-refractivity contribution < 1.29 is 22.4 Å². The highest BCUT2D eigenvalue weighted by molar-refractivity contribution is 6.33. The van der Waals surface area contributed by atoms with Gasteiger partial charge in [-0.2, -0.15) is 13.2 Å². The van der Waals surface area contributed by atoms with Gasteiger partial charge in [-0.3, -0.25) is 4.79 Å². The number of aromatic nitrogens is 1. The number of amides is 1. The molecule has 1 amide bonds. The second-order valence-corrected chi connectivity index (χ2v) is 7.52. The number of piperidine rings is 1. The Kier molecular flexibility index (Phi) is 6.31. The molecule has 2 heterocycles. The van der Waals surface area contributed by atoms with E-state index in [0.29, 0.717) is 38.3 Å². The third kappa shape index (κ3) is 5.18. The molecule has 1 fully saturated rings. The number of nitrogens with zero attached hydrogens (tertiary/aromatic N) is 3. The Bertz CT molecular complexity index is 865. The molecule has 1 aromatic heterocycles. The fraction of sp³-hybridized carbons (Fsp3) is 0.400. The molecule has 1 aliphatic rings. The highest BCUT2D eigenvalue weighted by Crippen LogP contribution is 2.34. The number of alkyl halides is 3. The Morgan fingerprint density at radius 1 is 1.24 bits per heavy atom. The van der Waals surface area contributed by atoms with Crippen LogP contribution in [0.25, 0.3) is 0 Å². The first kappa shape index (κ1) is 21.4. The highest BCUT2D eigenvalue weighted by atomic mass is 35.5. The molecule has 0 unspecified atom stereocenters. The van der Waals surface area contributed by atoms with Crippen molar-refractivity contribution in [1.29, 1.82) is 0 Å². The maximum absolute atomic E-state index is 13.0. The third-order valence-electron chi connectivity index (χ3n) is 5.00. The summed E-state index contributed by atoms with van der Waals surface area (Å²) in [6.07, 6.45) is -2.63. The molecule has 3 rings (SSSR count). The van der Waals surface area contributed by atoms with Gasteiger partial charge in [-0.1, -0.05) is 23.7 Å². The summed E-state index contributed by atoms with van der Waals surface area (Å²) in [5.41, 5.74) is -0.0563. The second kappa shape index (κ2) is 8.57. The van der Waals surface area contributed by atoms with Gasteiger partial charge in [-0.25, -0.2) is 9.37 Å². The largest absolute Gasteiger partial charge is 0.417 e. The lowest BCUT2D eigenvalue weighted by molar-refractivity contribution is -0.138. The Balaban J connectivity index is 1.58. The van der Waals surface area contributed by atoms with Crippen molar-refractivity contribution in [3.63, 3.8) is 0 Å². The maximum atomic E-state index is 13.0. The van der Waals surface area contributed by atoms with E-state index in [1.54, 1.807) is 29.0 Å². The summed E-state index contributed by atoms with van der Waals surface area (Å²) < 4.78 is 51.3. The lowest BCUT2D eigenvalue weighted by atomic mass is 9.95. The van der Waals surface area contributed by atoms with Crippen molar-refractivity contribution in [1.82, 2.24) is 9.88 Å². The topological polar surface area (TPSA) is 36.4 Å². The van der Waals surface area contributed by atoms with E-state index in [9.17, 15) is 22.4 Å². The number of halogens is 5. The number of carbonyl (C=O) groups is 1. The van der Waals surface area contributed by atoms with Gasteiger partial charge in [0.15, 0.2) is 0 Å². The number of pyridine rings is 1. The van der Waals surface area contributed by atoms with Crippen LogP contribution in [0.4, 0.5) is 23.4 Å². The van der Waals surface area contributed by atoms with Gasteiger partial charge in [0.2, 0.25) is 5.91 Å². The molecule has 0 bridgehead atoms. The summed E-state index contributed by atoms with van der Waals surface area (Å²) in [5.74, 6) is -0.235. The van der Waals surface area contributed by atoms with E-state index in [2.05, 4.69) is 4.98 Å². The highest BCUT2D eigenvalue weighted by Gasteiger charge is 2.33. The van der Waals surface area contributed by atoms with Gasteiger partial charge in [-0.15, -0.1) is 0 Å². The number of rotatable bonds is 4. The predicted molar refractivity (Wildman–Crippen MR) is 102 cm³/mol. The molecule has 2 aromatic rings. The molecule has 0 N–H and O–H groups in total. The van der Waals surface area contributed by atoms with Crippen molar-refractivity contribution in [3.8, 4) is 0 Å². The van der Waals surface area contributed by atoms with E-state index in [1.807, 2.05) is 0 Å². The first-order valence-corrected chi connectivity index (χ1v) is 9.50. The lowest BCUT2D eigenvalue weighted by Gasteiger charge is -2.34. The van der Waals surface area contributed by atoms with E-state index in [-0.39, 0.29) is 22.7 Å². The van der Waals surface area contributed by atoms with E-state index < -0.39 is 11.7 Å². The van der Waals surface area contributed by atoms with Gasteiger partial charge in [-0.05, 0) is 36.6 Å². The molecule has 0 atom stereocenters. The van der Waals surface area contributed by atoms with Crippen molar-refractivity contribution in [3.05, 3.63) is 58.5 Å². The Hall–Kier alpha value is -2.35. The van der Waals surface area contributed by atoms with Crippen molar-refractivity contribution in [2.75, 3.05) is 25.0 Å². The van der Waals surface area contributed by atoms with Crippen LogP contribution in [0.5, 0.6) is 0 Å². The number of carbonyl (C=O) groups excluding carboxylic acids is 1. The Morgan fingerprint density at radius 3 is 2.41 bits per heavy atom. The van der Waals surface area contributed by atoms with Crippen molar-refractivity contribution in [2.45, 2.75) is 25.6 Å². The lowest BCUT2D eigenvalue weighted by Crippen LogP contribution is -2.41. The number of hydrogen-bond donors (Lipinski definition) is 0. The van der Waals surface area contributed by atoms with Crippen molar-refractivity contribution >= 4 is 23.3 Å². The molecule has 1 aromatic carbocycles. The smallest absolute Gasteiger partial charge is 0.355 e. The summed E-state index contributed by atoms with van der Waals surface area (Å²) in [4.78, 5) is 20.0. The zero-order valence-electron chi connectivity index (χ0n) is 15.7. The molecule has 0 radical (unpaired) electrons. The zero-order valence-corrected chi connectivity index (χ0v) is 16.5. The van der Waals surface area contributed by atoms with Gasteiger partial charge in [0.1, 0.15) is 11.6 Å². The minimum absolute atomic E-state index is 0.0135. The molecule has 4 nitrogen and oxygen atoms in total. The fourth-order valence-electron chi connectivity index (χ4n) is 3.41. The molecule has 1 saturated heterocycles. The van der Waals surface area contributed by atoms with E-state index in [4.69, 9.17) is 11.6 Å². The standard InChI is InChI=1S/C20H20ClF4N3O/c1-27(12-13-2-4-16(22)5-3-13)19(29)14-6-8-28(9-7-14)18-17(21)10-15(11-26-18)20(23,24)25/h2-5,10-11,14H,6-9,12H2,1H3. The summed E-state index contributed by atoms with van der Waals surface area (Å²) in [5, 5.41) is -0.0574. The summed E-state index contributed by atoms with van der Waals surface area (Å²) in [7, 11) is 1.70. The van der Waals surface area contributed by atoms with Crippen LogP contribution in [0.15, 0.2) is 36.5 Å². The van der Waals surface area contributed by atoms with Crippen LogP contribution in [-0.2, 0) is 17.5 Å². The predicted octanol–water partition coefficient (Wildman–Crippen LogP) is 4.77. The van der Waals surface area contributed by atoms with Crippen LogP contribution in [0.2, 0.25) is 5.02 Å². The van der Waals surface area contributed by atoms with Crippen LogP contribution in [0.3, 0.4) is 0 Å². The fourth-order valence-corrected chi connectivity index (χ4v) is 3.70. The number of hydrogen-bond acceptors (Lipinski definition) is 3. The van der Waals surface area contributed by atoms with Gasteiger partial charge in [0.05, 0.1) is 10.6 Å². The average molecular weight is 430 g/mol. The molecular formula is C20H20ClF4N3O. The molecule has 29 heavy (non-hydrogen) atoms.